The van der Waals surface area contributed by atoms with Gasteiger partial charge in [0.15, 0.2) is 0 Å². The lowest BCUT2D eigenvalue weighted by Gasteiger charge is -2.10. The van der Waals surface area contributed by atoms with Gasteiger partial charge in [0.25, 0.3) is 0 Å². The molecule has 1 aromatic carbocycles. The number of aryl methyl sites for hydroxylation is 2. The number of hydrogen-bond acceptors (Lipinski definition) is 3. The number of pyridine rings is 1. The van der Waals surface area contributed by atoms with Gasteiger partial charge in [-0.2, -0.15) is 0 Å². The Balaban J connectivity index is 2.27. The van der Waals surface area contributed by atoms with Crippen LogP contribution in [0.5, 0.6) is 11.5 Å². The Morgan fingerprint density at radius 2 is 2.00 bits per heavy atom. The van der Waals surface area contributed by atoms with Gasteiger partial charge in [-0.1, -0.05) is 12.1 Å². The molecule has 0 amide bonds. The molecule has 0 aliphatic heterocycles. The van der Waals surface area contributed by atoms with Crippen LogP contribution in [0.1, 0.15) is 16.8 Å². The second kappa shape index (κ2) is 4.97. The third-order valence-corrected chi connectivity index (χ3v) is 2.57. The zero-order valence-electron chi connectivity index (χ0n) is 10.1. The van der Waals surface area contributed by atoms with Gasteiger partial charge in [0.2, 0.25) is 0 Å². The van der Waals surface area contributed by atoms with Crippen molar-refractivity contribution in [2.45, 2.75) is 20.4 Å². The van der Waals surface area contributed by atoms with Crippen molar-refractivity contribution >= 4 is 0 Å². The lowest BCUT2D eigenvalue weighted by atomic mass is 10.1. The van der Waals surface area contributed by atoms with Gasteiger partial charge >= 0.3 is 0 Å². The van der Waals surface area contributed by atoms with E-state index >= 15 is 0 Å². The van der Waals surface area contributed by atoms with E-state index in [4.69, 9.17) is 10.5 Å². The molecule has 3 nitrogen and oxygen atoms in total. The summed E-state index contributed by atoms with van der Waals surface area (Å²) in [5.74, 6) is 1.65. The summed E-state index contributed by atoms with van der Waals surface area (Å²) in [6, 6.07) is 9.84. The molecule has 0 atom stereocenters. The van der Waals surface area contributed by atoms with Crippen LogP contribution in [-0.2, 0) is 6.54 Å². The molecule has 0 spiro atoms. The molecule has 2 aromatic rings. The summed E-state index contributed by atoms with van der Waals surface area (Å²) in [4.78, 5) is 4.13. The number of nitrogens with two attached hydrogens (primary N) is 1. The fourth-order valence-electron chi connectivity index (χ4n) is 1.58. The molecule has 0 radical (unpaired) electrons. The summed E-state index contributed by atoms with van der Waals surface area (Å²) in [5, 5.41) is 0. The van der Waals surface area contributed by atoms with Gasteiger partial charge in [-0.3, -0.25) is 4.98 Å². The first kappa shape index (κ1) is 11.6. The van der Waals surface area contributed by atoms with Gasteiger partial charge < -0.3 is 10.5 Å². The molecule has 0 fully saturated rings. The van der Waals surface area contributed by atoms with Crippen LogP contribution in [0.15, 0.2) is 36.5 Å². The number of aromatic nitrogens is 1. The Hall–Kier alpha value is -1.87. The first-order valence-corrected chi connectivity index (χ1v) is 5.59. The summed E-state index contributed by atoms with van der Waals surface area (Å²) in [5.41, 5.74) is 8.67. The van der Waals surface area contributed by atoms with Crippen LogP contribution in [0.25, 0.3) is 0 Å². The fraction of sp³-hybridized carbons (Fsp3) is 0.214. The van der Waals surface area contributed by atoms with Crippen LogP contribution in [-0.4, -0.2) is 4.98 Å². The van der Waals surface area contributed by atoms with Crippen molar-refractivity contribution in [3.05, 3.63) is 53.3 Å². The minimum Gasteiger partial charge on any atom is -0.457 e. The number of hydrogen-bond donors (Lipinski definition) is 1. The zero-order valence-corrected chi connectivity index (χ0v) is 10.1. The largest absolute Gasteiger partial charge is 0.457 e. The highest BCUT2D eigenvalue weighted by molar-refractivity contribution is 5.39. The van der Waals surface area contributed by atoms with E-state index in [0.717, 1.165) is 22.8 Å². The summed E-state index contributed by atoms with van der Waals surface area (Å²) >= 11 is 0. The van der Waals surface area contributed by atoms with Gasteiger partial charge in [0.05, 0.1) is 5.69 Å². The minimum atomic E-state index is 0.421. The summed E-state index contributed by atoms with van der Waals surface area (Å²) in [7, 11) is 0. The first-order valence-electron chi connectivity index (χ1n) is 5.59. The molecular formula is C14H16N2O. The maximum absolute atomic E-state index is 5.84. The Kier molecular flexibility index (Phi) is 3.40. The van der Waals surface area contributed by atoms with Crippen molar-refractivity contribution in [1.29, 1.82) is 0 Å². The van der Waals surface area contributed by atoms with E-state index in [-0.39, 0.29) is 0 Å². The zero-order chi connectivity index (χ0) is 12.3. The van der Waals surface area contributed by atoms with Gasteiger partial charge in [-0.25, -0.2) is 0 Å². The highest BCUT2D eigenvalue weighted by Crippen LogP contribution is 2.25. The molecule has 3 heteroatoms. The molecule has 17 heavy (non-hydrogen) atoms. The Morgan fingerprint density at radius 1 is 1.18 bits per heavy atom. The second-order valence-corrected chi connectivity index (χ2v) is 4.06. The van der Waals surface area contributed by atoms with Crippen molar-refractivity contribution in [2.24, 2.45) is 5.73 Å². The standard InChI is InChI=1S/C14H16N2O/c1-10-3-4-11(2)14(7-10)17-13-5-6-16-12(8-13)9-15/h3-8H,9,15H2,1-2H3. The molecule has 2 rings (SSSR count). The van der Waals surface area contributed by atoms with Crippen molar-refractivity contribution in [3.8, 4) is 11.5 Å². The third-order valence-electron chi connectivity index (χ3n) is 2.57. The maximum atomic E-state index is 5.84. The van der Waals surface area contributed by atoms with Crippen molar-refractivity contribution < 1.29 is 4.74 Å². The molecule has 1 aromatic heterocycles. The molecule has 2 N–H and O–H groups in total. The van der Waals surface area contributed by atoms with Crippen molar-refractivity contribution in [3.63, 3.8) is 0 Å². The summed E-state index contributed by atoms with van der Waals surface area (Å²) in [6.45, 7) is 4.49. The highest BCUT2D eigenvalue weighted by atomic mass is 16.5. The molecule has 0 bridgehead atoms. The van der Waals surface area contributed by atoms with Crippen LogP contribution < -0.4 is 10.5 Å². The minimum absolute atomic E-state index is 0.421. The first-order chi connectivity index (χ1) is 8.19. The lowest BCUT2D eigenvalue weighted by molar-refractivity contribution is 0.477. The van der Waals surface area contributed by atoms with Crippen molar-refractivity contribution in [2.75, 3.05) is 0 Å². The quantitative estimate of drug-likeness (QED) is 0.878. The van der Waals surface area contributed by atoms with E-state index in [1.54, 1.807) is 6.20 Å². The van der Waals surface area contributed by atoms with Crippen LogP contribution in [0, 0.1) is 13.8 Å². The van der Waals surface area contributed by atoms with Crippen LogP contribution >= 0.6 is 0 Å². The van der Waals surface area contributed by atoms with Crippen LogP contribution in [0.3, 0.4) is 0 Å². The van der Waals surface area contributed by atoms with E-state index in [1.807, 2.05) is 32.0 Å². The molecule has 0 saturated carbocycles. The van der Waals surface area contributed by atoms with E-state index in [2.05, 4.69) is 17.1 Å². The molecule has 0 aliphatic carbocycles. The van der Waals surface area contributed by atoms with Crippen LogP contribution in [0.2, 0.25) is 0 Å². The Morgan fingerprint density at radius 3 is 2.76 bits per heavy atom. The van der Waals surface area contributed by atoms with Crippen molar-refractivity contribution in [1.82, 2.24) is 4.98 Å². The number of rotatable bonds is 3. The molecular weight excluding hydrogens is 212 g/mol. The van der Waals surface area contributed by atoms with E-state index in [0.29, 0.717) is 6.54 Å². The number of benzene rings is 1. The smallest absolute Gasteiger partial charge is 0.130 e. The predicted molar refractivity (Wildman–Crippen MR) is 68.1 cm³/mol. The van der Waals surface area contributed by atoms with E-state index < -0.39 is 0 Å². The Bertz CT molecular complexity index is 523. The van der Waals surface area contributed by atoms with E-state index in [1.165, 1.54) is 5.56 Å². The topological polar surface area (TPSA) is 48.1 Å². The number of ether oxygens (including phenoxy) is 1. The monoisotopic (exact) mass is 228 g/mol. The summed E-state index contributed by atoms with van der Waals surface area (Å²) in [6.07, 6.45) is 1.71. The average molecular weight is 228 g/mol. The average Bonchev–Trinajstić information content (AvgIpc) is 2.34. The Labute approximate surface area is 101 Å². The van der Waals surface area contributed by atoms with Gasteiger partial charge in [0, 0.05) is 18.8 Å². The molecule has 0 aliphatic rings. The normalized spacial score (nSPS) is 10.3. The van der Waals surface area contributed by atoms with E-state index in [9.17, 15) is 0 Å². The SMILES string of the molecule is Cc1ccc(C)c(Oc2ccnc(CN)c2)c1. The lowest BCUT2D eigenvalue weighted by Crippen LogP contribution is -1.99. The summed E-state index contributed by atoms with van der Waals surface area (Å²) < 4.78 is 5.84. The molecule has 0 unspecified atom stereocenters. The van der Waals surface area contributed by atoms with Gasteiger partial charge in [-0.15, -0.1) is 0 Å². The maximum Gasteiger partial charge on any atom is 0.130 e. The predicted octanol–water partition coefficient (Wildman–Crippen LogP) is 2.95. The number of nitrogens with zero attached hydrogens (tertiary/aromatic N) is 1. The second-order valence-electron chi connectivity index (χ2n) is 4.06. The third kappa shape index (κ3) is 2.82. The fourth-order valence-corrected chi connectivity index (χ4v) is 1.58. The molecule has 88 valence electrons. The molecule has 0 saturated heterocycles. The van der Waals surface area contributed by atoms with Gasteiger partial charge in [-0.05, 0) is 37.1 Å². The van der Waals surface area contributed by atoms with Gasteiger partial charge in [0.1, 0.15) is 11.5 Å². The molecule has 1 heterocycles. The van der Waals surface area contributed by atoms with Crippen LogP contribution in [0.4, 0.5) is 0 Å². The highest BCUT2D eigenvalue weighted by Gasteiger charge is 2.02.